The molecule has 4 aromatic carbocycles. The van der Waals surface area contributed by atoms with Crippen molar-refractivity contribution in [2.75, 3.05) is 14.2 Å². The van der Waals surface area contributed by atoms with E-state index in [-0.39, 0.29) is 0 Å². The Kier molecular flexibility index (Phi) is 4.56. The summed E-state index contributed by atoms with van der Waals surface area (Å²) in [5, 5.41) is 3.51. The van der Waals surface area contributed by atoms with Gasteiger partial charge in [-0.2, -0.15) is 0 Å². The summed E-state index contributed by atoms with van der Waals surface area (Å²) < 4.78 is 10.7. The molecule has 0 spiro atoms. The molecule has 0 radical (unpaired) electrons. The molecule has 0 fully saturated rings. The lowest BCUT2D eigenvalue weighted by atomic mass is 9.88. The van der Waals surface area contributed by atoms with Crippen LogP contribution in [-0.2, 0) is 0 Å². The summed E-state index contributed by atoms with van der Waals surface area (Å²) in [4.78, 5) is 4.81. The molecule has 0 atom stereocenters. The standard InChI is InChI=1S/C27H21NO2/c1-29-20-13-9-18(10-14-20)25-22-6-3-4-7-23(22)26(27-24(25)8-5-17-28-27)19-11-15-21(30-2)16-12-19/h3-17H,1-2H3. The quantitative estimate of drug-likeness (QED) is 0.318. The van der Waals surface area contributed by atoms with Crippen LogP contribution in [-0.4, -0.2) is 19.2 Å². The minimum atomic E-state index is 0.843. The molecule has 5 aromatic rings. The molecule has 1 aromatic heterocycles. The van der Waals surface area contributed by atoms with Gasteiger partial charge in [0.15, 0.2) is 0 Å². The zero-order valence-corrected chi connectivity index (χ0v) is 16.9. The first-order valence-electron chi connectivity index (χ1n) is 9.88. The van der Waals surface area contributed by atoms with Crippen LogP contribution in [0.3, 0.4) is 0 Å². The highest BCUT2D eigenvalue weighted by Gasteiger charge is 2.17. The third-order valence-electron chi connectivity index (χ3n) is 5.54. The molecule has 0 aliphatic rings. The van der Waals surface area contributed by atoms with Gasteiger partial charge >= 0.3 is 0 Å². The summed E-state index contributed by atoms with van der Waals surface area (Å²) in [5.74, 6) is 1.69. The SMILES string of the molecule is COc1ccc(-c2c3ccccc3c(-c3ccc(OC)cc3)c3ncccc23)cc1. The Bertz CT molecular complexity index is 1180. The van der Waals surface area contributed by atoms with Crippen molar-refractivity contribution >= 4 is 21.7 Å². The molecule has 0 saturated heterocycles. The van der Waals surface area contributed by atoms with E-state index in [0.717, 1.165) is 39.1 Å². The third kappa shape index (κ3) is 2.96. The smallest absolute Gasteiger partial charge is 0.118 e. The van der Waals surface area contributed by atoms with Crippen LogP contribution in [0.5, 0.6) is 11.5 Å². The van der Waals surface area contributed by atoms with Crippen molar-refractivity contribution in [3.8, 4) is 33.8 Å². The van der Waals surface area contributed by atoms with Gasteiger partial charge in [-0.3, -0.25) is 4.98 Å². The molecule has 0 N–H and O–H groups in total. The first-order chi connectivity index (χ1) is 14.8. The number of fused-ring (bicyclic) bond motifs is 2. The van der Waals surface area contributed by atoms with E-state index in [9.17, 15) is 0 Å². The van der Waals surface area contributed by atoms with E-state index in [0.29, 0.717) is 0 Å². The van der Waals surface area contributed by atoms with Gasteiger partial charge in [0, 0.05) is 17.1 Å². The maximum absolute atomic E-state index is 5.35. The van der Waals surface area contributed by atoms with Gasteiger partial charge in [0.05, 0.1) is 19.7 Å². The van der Waals surface area contributed by atoms with Crippen LogP contribution < -0.4 is 9.47 Å². The number of pyridine rings is 1. The molecule has 3 heteroatoms. The average Bonchev–Trinajstić information content (AvgIpc) is 2.82. The molecule has 30 heavy (non-hydrogen) atoms. The highest BCUT2D eigenvalue weighted by Crippen LogP contribution is 2.43. The summed E-state index contributed by atoms with van der Waals surface area (Å²) in [6.45, 7) is 0. The summed E-state index contributed by atoms with van der Waals surface area (Å²) in [7, 11) is 3.37. The maximum atomic E-state index is 5.35. The summed E-state index contributed by atoms with van der Waals surface area (Å²) >= 11 is 0. The molecule has 0 amide bonds. The van der Waals surface area contributed by atoms with Gasteiger partial charge in [-0.15, -0.1) is 0 Å². The fraction of sp³-hybridized carbons (Fsp3) is 0.0741. The minimum Gasteiger partial charge on any atom is -0.497 e. The van der Waals surface area contributed by atoms with E-state index in [1.54, 1.807) is 14.2 Å². The predicted octanol–water partition coefficient (Wildman–Crippen LogP) is 6.74. The summed E-state index contributed by atoms with van der Waals surface area (Å²) in [6, 6.07) is 29.1. The lowest BCUT2D eigenvalue weighted by Gasteiger charge is -2.17. The topological polar surface area (TPSA) is 31.4 Å². The van der Waals surface area contributed by atoms with Crippen LogP contribution in [0.1, 0.15) is 0 Å². The van der Waals surface area contributed by atoms with Crippen LogP contribution >= 0.6 is 0 Å². The summed E-state index contributed by atoms with van der Waals surface area (Å²) in [6.07, 6.45) is 1.86. The molecule has 0 bridgehead atoms. The molecular weight excluding hydrogens is 370 g/mol. The lowest BCUT2D eigenvalue weighted by Crippen LogP contribution is -1.93. The first kappa shape index (κ1) is 18.2. The number of methoxy groups -OCH3 is 2. The normalized spacial score (nSPS) is 11.0. The average molecular weight is 391 g/mol. The minimum absolute atomic E-state index is 0.843. The Morgan fingerprint density at radius 2 is 1.03 bits per heavy atom. The van der Waals surface area contributed by atoms with E-state index >= 15 is 0 Å². The second-order valence-electron chi connectivity index (χ2n) is 7.15. The van der Waals surface area contributed by atoms with Crippen LogP contribution in [0.15, 0.2) is 91.1 Å². The lowest BCUT2D eigenvalue weighted by molar-refractivity contribution is 0.415. The van der Waals surface area contributed by atoms with Crippen molar-refractivity contribution in [3.05, 3.63) is 91.1 Å². The van der Waals surface area contributed by atoms with Gasteiger partial charge < -0.3 is 9.47 Å². The van der Waals surface area contributed by atoms with Gasteiger partial charge in [-0.1, -0.05) is 54.6 Å². The first-order valence-corrected chi connectivity index (χ1v) is 9.88. The zero-order valence-electron chi connectivity index (χ0n) is 16.9. The van der Waals surface area contributed by atoms with Gasteiger partial charge in [0.2, 0.25) is 0 Å². The van der Waals surface area contributed by atoms with Crippen molar-refractivity contribution in [2.45, 2.75) is 0 Å². The second kappa shape index (κ2) is 7.53. The van der Waals surface area contributed by atoms with Crippen LogP contribution in [0.2, 0.25) is 0 Å². The molecule has 0 unspecified atom stereocenters. The highest BCUT2D eigenvalue weighted by atomic mass is 16.5. The molecular formula is C27H21NO2. The molecule has 0 saturated carbocycles. The zero-order chi connectivity index (χ0) is 20.5. The molecule has 3 nitrogen and oxygen atoms in total. The fourth-order valence-corrected chi connectivity index (χ4v) is 4.12. The van der Waals surface area contributed by atoms with Gasteiger partial charge in [0.1, 0.15) is 11.5 Å². The number of aromatic nitrogens is 1. The number of hydrogen-bond acceptors (Lipinski definition) is 3. The molecule has 146 valence electrons. The Balaban J connectivity index is 1.88. The number of nitrogens with zero attached hydrogens (tertiary/aromatic N) is 1. The van der Waals surface area contributed by atoms with Gasteiger partial charge in [-0.25, -0.2) is 0 Å². The van der Waals surface area contributed by atoms with Crippen molar-refractivity contribution < 1.29 is 9.47 Å². The molecule has 5 rings (SSSR count). The van der Waals surface area contributed by atoms with E-state index in [1.165, 1.54) is 16.3 Å². The van der Waals surface area contributed by atoms with Crippen LogP contribution in [0, 0.1) is 0 Å². The highest BCUT2D eigenvalue weighted by molar-refractivity contribution is 6.20. The van der Waals surface area contributed by atoms with Crippen molar-refractivity contribution in [3.63, 3.8) is 0 Å². The van der Waals surface area contributed by atoms with Crippen molar-refractivity contribution in [1.29, 1.82) is 0 Å². The predicted molar refractivity (Wildman–Crippen MR) is 123 cm³/mol. The van der Waals surface area contributed by atoms with Gasteiger partial charge in [-0.05, 0) is 57.8 Å². The Hall–Kier alpha value is -3.85. The van der Waals surface area contributed by atoms with E-state index < -0.39 is 0 Å². The molecule has 1 heterocycles. The molecule has 0 aliphatic carbocycles. The number of ether oxygens (including phenoxy) is 2. The fourth-order valence-electron chi connectivity index (χ4n) is 4.12. The monoisotopic (exact) mass is 391 g/mol. The second-order valence-corrected chi connectivity index (χ2v) is 7.15. The largest absolute Gasteiger partial charge is 0.497 e. The Labute approximate surface area is 175 Å². The third-order valence-corrected chi connectivity index (χ3v) is 5.54. The van der Waals surface area contributed by atoms with Crippen LogP contribution in [0.25, 0.3) is 43.9 Å². The van der Waals surface area contributed by atoms with E-state index in [2.05, 4.69) is 54.6 Å². The van der Waals surface area contributed by atoms with E-state index in [1.807, 2.05) is 36.5 Å². The number of rotatable bonds is 4. The van der Waals surface area contributed by atoms with Crippen LogP contribution in [0.4, 0.5) is 0 Å². The summed E-state index contributed by atoms with van der Waals surface area (Å²) in [5.41, 5.74) is 5.59. The Morgan fingerprint density at radius 3 is 1.60 bits per heavy atom. The van der Waals surface area contributed by atoms with Gasteiger partial charge in [0.25, 0.3) is 0 Å². The van der Waals surface area contributed by atoms with Crippen molar-refractivity contribution in [2.24, 2.45) is 0 Å². The molecule has 0 aliphatic heterocycles. The van der Waals surface area contributed by atoms with E-state index in [4.69, 9.17) is 14.5 Å². The van der Waals surface area contributed by atoms with Crippen molar-refractivity contribution in [1.82, 2.24) is 4.98 Å². The Morgan fingerprint density at radius 1 is 0.533 bits per heavy atom. The number of benzene rings is 4. The maximum Gasteiger partial charge on any atom is 0.118 e. The number of hydrogen-bond donors (Lipinski definition) is 0.